The van der Waals surface area contributed by atoms with E-state index in [0.29, 0.717) is 18.9 Å². The third-order valence-corrected chi connectivity index (χ3v) is 4.30. The van der Waals surface area contributed by atoms with Gasteiger partial charge in [-0.15, -0.1) is 11.6 Å². The molecule has 0 heterocycles. The zero-order valence-corrected chi connectivity index (χ0v) is 11.4. The van der Waals surface area contributed by atoms with E-state index < -0.39 is 0 Å². The van der Waals surface area contributed by atoms with Crippen molar-refractivity contribution in [3.8, 4) is 0 Å². The Labute approximate surface area is 105 Å². The third kappa shape index (κ3) is 4.73. The summed E-state index contributed by atoms with van der Waals surface area (Å²) in [6.45, 7) is 2.29. The molecule has 1 aliphatic carbocycles. The van der Waals surface area contributed by atoms with Crippen LogP contribution in [-0.2, 0) is 9.53 Å². The van der Waals surface area contributed by atoms with Crippen LogP contribution < -0.4 is 0 Å². The molecule has 0 aromatic heterocycles. The van der Waals surface area contributed by atoms with Gasteiger partial charge in [-0.3, -0.25) is 4.79 Å². The lowest BCUT2D eigenvalue weighted by atomic mass is 9.86. The largest absolute Gasteiger partial charge is 0.466 e. The summed E-state index contributed by atoms with van der Waals surface area (Å²) >= 11 is 9.69. The Bertz CT molecular complexity index is 211. The van der Waals surface area contributed by atoms with E-state index >= 15 is 0 Å². The highest BCUT2D eigenvalue weighted by Crippen LogP contribution is 2.34. The Hall–Kier alpha value is 0.240. The van der Waals surface area contributed by atoms with Crippen molar-refractivity contribution in [2.75, 3.05) is 6.61 Å². The van der Waals surface area contributed by atoms with Crippen molar-refractivity contribution in [3.63, 3.8) is 0 Å². The molecule has 1 aliphatic rings. The van der Waals surface area contributed by atoms with Crippen molar-refractivity contribution >= 4 is 33.5 Å². The van der Waals surface area contributed by atoms with Crippen molar-refractivity contribution in [2.45, 2.75) is 49.2 Å². The van der Waals surface area contributed by atoms with Crippen LogP contribution in [0.15, 0.2) is 0 Å². The SMILES string of the molecule is CCOC(=O)CC(Br)C1CCCC(Cl)C1. The van der Waals surface area contributed by atoms with E-state index in [1.807, 2.05) is 6.92 Å². The highest BCUT2D eigenvalue weighted by molar-refractivity contribution is 9.09. The van der Waals surface area contributed by atoms with Crippen molar-refractivity contribution in [2.24, 2.45) is 5.92 Å². The minimum absolute atomic E-state index is 0.115. The summed E-state index contributed by atoms with van der Waals surface area (Å²) in [7, 11) is 0. The average Bonchev–Trinajstić information content (AvgIpc) is 2.18. The number of halogens is 2. The quantitative estimate of drug-likeness (QED) is 0.586. The predicted molar refractivity (Wildman–Crippen MR) is 65.6 cm³/mol. The molecule has 1 rings (SSSR count). The molecule has 0 bridgehead atoms. The van der Waals surface area contributed by atoms with Gasteiger partial charge in [-0.1, -0.05) is 22.4 Å². The fraction of sp³-hybridized carbons (Fsp3) is 0.909. The number of carbonyl (C=O) groups excluding carboxylic acids is 1. The van der Waals surface area contributed by atoms with Gasteiger partial charge in [0.25, 0.3) is 0 Å². The zero-order valence-electron chi connectivity index (χ0n) is 9.05. The number of hydrogen-bond donors (Lipinski definition) is 0. The molecule has 4 heteroatoms. The van der Waals surface area contributed by atoms with E-state index in [9.17, 15) is 4.79 Å². The highest BCUT2D eigenvalue weighted by Gasteiger charge is 2.27. The number of ether oxygens (including phenoxy) is 1. The van der Waals surface area contributed by atoms with Crippen LogP contribution in [0.5, 0.6) is 0 Å². The smallest absolute Gasteiger partial charge is 0.306 e. The molecule has 0 amide bonds. The van der Waals surface area contributed by atoms with Gasteiger partial charge in [0.05, 0.1) is 13.0 Å². The molecule has 3 unspecified atom stereocenters. The van der Waals surface area contributed by atoms with Crippen LogP contribution in [0.25, 0.3) is 0 Å². The Morgan fingerprint density at radius 2 is 2.33 bits per heavy atom. The molecule has 15 heavy (non-hydrogen) atoms. The molecule has 0 spiro atoms. The molecular formula is C11H18BrClO2. The molecule has 1 fully saturated rings. The van der Waals surface area contributed by atoms with Crippen LogP contribution >= 0.6 is 27.5 Å². The summed E-state index contributed by atoms with van der Waals surface area (Å²) < 4.78 is 4.93. The van der Waals surface area contributed by atoms with Gasteiger partial charge in [0.1, 0.15) is 0 Å². The molecule has 0 saturated heterocycles. The normalized spacial score (nSPS) is 28.5. The van der Waals surface area contributed by atoms with E-state index in [0.717, 1.165) is 12.8 Å². The monoisotopic (exact) mass is 296 g/mol. The van der Waals surface area contributed by atoms with Gasteiger partial charge in [-0.25, -0.2) is 0 Å². The molecule has 0 aliphatic heterocycles. The van der Waals surface area contributed by atoms with Crippen molar-refractivity contribution in [1.29, 1.82) is 0 Å². The van der Waals surface area contributed by atoms with Crippen molar-refractivity contribution in [3.05, 3.63) is 0 Å². The summed E-state index contributed by atoms with van der Waals surface area (Å²) in [6, 6.07) is 0. The fourth-order valence-electron chi connectivity index (χ4n) is 2.04. The van der Waals surface area contributed by atoms with Crippen LogP contribution in [0.4, 0.5) is 0 Å². The molecule has 3 atom stereocenters. The maximum absolute atomic E-state index is 11.3. The van der Waals surface area contributed by atoms with Crippen LogP contribution in [0.3, 0.4) is 0 Å². The molecule has 2 nitrogen and oxygen atoms in total. The maximum Gasteiger partial charge on any atom is 0.306 e. The van der Waals surface area contributed by atoms with Gasteiger partial charge in [0.15, 0.2) is 0 Å². The number of rotatable bonds is 4. The second-order valence-corrected chi connectivity index (χ2v) is 5.84. The first kappa shape index (κ1) is 13.3. The summed E-state index contributed by atoms with van der Waals surface area (Å²) in [6.07, 6.45) is 4.92. The van der Waals surface area contributed by atoms with Crippen LogP contribution in [0.1, 0.15) is 39.0 Å². The molecule has 1 saturated carbocycles. The van der Waals surface area contributed by atoms with Gasteiger partial charge in [-0.2, -0.15) is 0 Å². The Kier molecular flexibility index (Phi) is 5.98. The van der Waals surface area contributed by atoms with E-state index in [1.165, 1.54) is 12.8 Å². The van der Waals surface area contributed by atoms with Crippen LogP contribution in [-0.4, -0.2) is 22.8 Å². The number of carbonyl (C=O) groups is 1. The zero-order chi connectivity index (χ0) is 11.3. The number of alkyl halides is 2. The summed E-state index contributed by atoms with van der Waals surface area (Å²) in [5.41, 5.74) is 0. The van der Waals surface area contributed by atoms with Gasteiger partial charge >= 0.3 is 5.97 Å². The van der Waals surface area contributed by atoms with E-state index in [1.54, 1.807) is 0 Å². The molecule has 0 aromatic rings. The third-order valence-electron chi connectivity index (χ3n) is 2.83. The first-order chi connectivity index (χ1) is 7.13. The van der Waals surface area contributed by atoms with Crippen LogP contribution in [0.2, 0.25) is 0 Å². The van der Waals surface area contributed by atoms with E-state index in [-0.39, 0.29) is 16.2 Å². The Morgan fingerprint density at radius 3 is 2.93 bits per heavy atom. The minimum Gasteiger partial charge on any atom is -0.466 e. The summed E-state index contributed by atoms with van der Waals surface area (Å²) in [5.74, 6) is 0.404. The first-order valence-corrected chi connectivity index (χ1v) is 6.92. The lowest BCUT2D eigenvalue weighted by Gasteiger charge is -2.28. The highest BCUT2D eigenvalue weighted by atomic mass is 79.9. The van der Waals surface area contributed by atoms with Crippen molar-refractivity contribution < 1.29 is 9.53 Å². The van der Waals surface area contributed by atoms with Gasteiger partial charge < -0.3 is 4.74 Å². The van der Waals surface area contributed by atoms with Gasteiger partial charge in [0.2, 0.25) is 0 Å². The second kappa shape index (κ2) is 6.74. The standard InChI is InChI=1S/C11H18BrClO2/c1-2-15-11(14)7-10(12)8-4-3-5-9(13)6-8/h8-10H,2-7H2,1H3. The lowest BCUT2D eigenvalue weighted by molar-refractivity contribution is -0.143. The Balaban J connectivity index is 2.32. The predicted octanol–water partition coefficient (Wildman–Crippen LogP) is 3.50. The van der Waals surface area contributed by atoms with Gasteiger partial charge in [0, 0.05) is 10.2 Å². The maximum atomic E-state index is 11.3. The molecule has 0 radical (unpaired) electrons. The molecule has 0 aromatic carbocycles. The lowest BCUT2D eigenvalue weighted by Crippen LogP contribution is -2.25. The molecule has 88 valence electrons. The Morgan fingerprint density at radius 1 is 1.60 bits per heavy atom. The van der Waals surface area contributed by atoms with E-state index in [4.69, 9.17) is 16.3 Å². The van der Waals surface area contributed by atoms with Crippen molar-refractivity contribution in [1.82, 2.24) is 0 Å². The van der Waals surface area contributed by atoms with Gasteiger partial charge in [-0.05, 0) is 32.1 Å². The second-order valence-electron chi connectivity index (χ2n) is 4.05. The molecule has 0 N–H and O–H groups in total. The van der Waals surface area contributed by atoms with E-state index in [2.05, 4.69) is 15.9 Å². The number of esters is 1. The minimum atomic E-state index is -0.115. The average molecular weight is 298 g/mol. The topological polar surface area (TPSA) is 26.3 Å². The first-order valence-electron chi connectivity index (χ1n) is 5.57. The summed E-state index contributed by atoms with van der Waals surface area (Å²) in [5, 5.41) is 0.283. The summed E-state index contributed by atoms with van der Waals surface area (Å²) in [4.78, 5) is 11.5. The molecular weight excluding hydrogens is 279 g/mol. The number of hydrogen-bond acceptors (Lipinski definition) is 2. The van der Waals surface area contributed by atoms with Crippen LogP contribution in [0, 0.1) is 5.92 Å². The fourth-order valence-corrected chi connectivity index (χ4v) is 3.17.